The second-order valence-corrected chi connectivity index (χ2v) is 4.38. The number of carbonyl (C=O) groups is 2. The fourth-order valence-electron chi connectivity index (χ4n) is 1.78. The van der Waals surface area contributed by atoms with Crippen LogP contribution in [0.4, 0.5) is 22.0 Å². The molecule has 2 amide bonds. The van der Waals surface area contributed by atoms with Gasteiger partial charge in [0, 0.05) is 6.42 Å². The van der Waals surface area contributed by atoms with E-state index < -0.39 is 46.6 Å². The summed E-state index contributed by atoms with van der Waals surface area (Å²) >= 11 is 0. The van der Waals surface area contributed by atoms with E-state index in [0.717, 1.165) is 0 Å². The molecule has 1 aromatic rings. The van der Waals surface area contributed by atoms with Gasteiger partial charge in [-0.2, -0.15) is 5.10 Å². The van der Waals surface area contributed by atoms with Crippen LogP contribution in [0, 0.1) is 29.1 Å². The Morgan fingerprint density at radius 3 is 2.14 bits per heavy atom. The molecule has 0 unspecified atom stereocenters. The van der Waals surface area contributed by atoms with Crippen LogP contribution in [0.2, 0.25) is 0 Å². The van der Waals surface area contributed by atoms with Gasteiger partial charge < -0.3 is 5.32 Å². The van der Waals surface area contributed by atoms with Crippen molar-refractivity contribution in [1.29, 1.82) is 0 Å². The first-order valence-corrected chi connectivity index (χ1v) is 5.96. The minimum absolute atomic E-state index is 0.138. The Hall–Kier alpha value is -2.52. The molecule has 2 rings (SSSR count). The molecule has 1 aliphatic rings. The zero-order valence-electron chi connectivity index (χ0n) is 10.7. The van der Waals surface area contributed by atoms with Gasteiger partial charge in [0.05, 0.1) is 11.8 Å². The molecule has 0 bridgehead atoms. The van der Waals surface area contributed by atoms with Crippen molar-refractivity contribution >= 4 is 18.0 Å². The molecule has 1 aromatic carbocycles. The molecule has 10 heteroatoms. The number of benzene rings is 1. The zero-order valence-corrected chi connectivity index (χ0v) is 10.7. The number of halogens is 5. The smallest absolute Gasteiger partial charge is 0.262 e. The maximum absolute atomic E-state index is 13.3. The third-order valence-corrected chi connectivity index (χ3v) is 2.92. The van der Waals surface area contributed by atoms with Crippen molar-refractivity contribution in [2.45, 2.75) is 18.9 Å². The summed E-state index contributed by atoms with van der Waals surface area (Å²) < 4.78 is 65.2. The number of hydrogen-bond donors (Lipinski definition) is 2. The van der Waals surface area contributed by atoms with E-state index in [1.165, 1.54) is 0 Å². The van der Waals surface area contributed by atoms with Crippen molar-refractivity contribution < 1.29 is 31.5 Å². The lowest BCUT2D eigenvalue weighted by Crippen LogP contribution is -2.39. The van der Waals surface area contributed by atoms with E-state index in [1.54, 1.807) is 0 Å². The highest BCUT2D eigenvalue weighted by Gasteiger charge is 2.27. The molecule has 1 atom stereocenters. The van der Waals surface area contributed by atoms with Crippen LogP contribution in [0.5, 0.6) is 0 Å². The Balaban J connectivity index is 2.14. The summed E-state index contributed by atoms with van der Waals surface area (Å²) in [6.07, 6.45) is 0.646. The Labute approximate surface area is 120 Å². The Kier molecular flexibility index (Phi) is 4.38. The molecule has 118 valence electrons. The fourth-order valence-corrected chi connectivity index (χ4v) is 1.78. The van der Waals surface area contributed by atoms with Gasteiger partial charge in [-0.15, -0.1) is 0 Å². The van der Waals surface area contributed by atoms with Crippen molar-refractivity contribution in [2.24, 2.45) is 5.10 Å². The third kappa shape index (κ3) is 2.90. The van der Waals surface area contributed by atoms with Gasteiger partial charge in [-0.3, -0.25) is 9.59 Å². The maximum atomic E-state index is 13.3. The van der Waals surface area contributed by atoms with Crippen molar-refractivity contribution in [3.63, 3.8) is 0 Å². The molecule has 5 nitrogen and oxygen atoms in total. The molecular weight excluding hydrogens is 313 g/mol. The minimum atomic E-state index is -2.29. The number of nitrogens with zero attached hydrogens (tertiary/aromatic N) is 1. The highest BCUT2D eigenvalue weighted by atomic mass is 19.2. The predicted molar refractivity (Wildman–Crippen MR) is 63.1 cm³/mol. The molecule has 1 saturated heterocycles. The number of hydrogen-bond acceptors (Lipinski definition) is 3. The van der Waals surface area contributed by atoms with E-state index in [4.69, 9.17) is 0 Å². The van der Waals surface area contributed by atoms with Crippen LogP contribution < -0.4 is 10.7 Å². The van der Waals surface area contributed by atoms with Gasteiger partial charge in [-0.1, -0.05) is 0 Å². The molecule has 2 N–H and O–H groups in total. The van der Waals surface area contributed by atoms with Crippen LogP contribution in [0.3, 0.4) is 0 Å². The van der Waals surface area contributed by atoms with E-state index in [2.05, 4.69) is 10.4 Å². The number of hydrazone groups is 1. The first-order chi connectivity index (χ1) is 10.3. The summed E-state index contributed by atoms with van der Waals surface area (Å²) in [4.78, 5) is 22.4. The summed E-state index contributed by atoms with van der Waals surface area (Å²) in [7, 11) is 0. The lowest BCUT2D eigenvalue weighted by molar-refractivity contribution is -0.125. The largest absolute Gasteiger partial charge is 0.344 e. The second kappa shape index (κ2) is 6.08. The zero-order chi connectivity index (χ0) is 16.4. The van der Waals surface area contributed by atoms with E-state index in [1.807, 2.05) is 5.43 Å². The van der Waals surface area contributed by atoms with Crippen LogP contribution >= 0.6 is 0 Å². The monoisotopic (exact) mass is 321 g/mol. The van der Waals surface area contributed by atoms with E-state index in [0.29, 0.717) is 6.21 Å². The van der Waals surface area contributed by atoms with Crippen LogP contribution in [0.1, 0.15) is 18.4 Å². The lowest BCUT2D eigenvalue weighted by Gasteiger charge is -2.07. The molecule has 0 aromatic heterocycles. The maximum Gasteiger partial charge on any atom is 0.262 e. The first kappa shape index (κ1) is 15.9. The van der Waals surface area contributed by atoms with Gasteiger partial charge >= 0.3 is 0 Å². The van der Waals surface area contributed by atoms with E-state index in [9.17, 15) is 31.5 Å². The summed E-state index contributed by atoms with van der Waals surface area (Å²) in [5.41, 5.74) is 0.560. The van der Waals surface area contributed by atoms with Gasteiger partial charge in [0.2, 0.25) is 11.7 Å². The Morgan fingerprint density at radius 2 is 1.64 bits per heavy atom. The fraction of sp³-hybridized carbons (Fsp3) is 0.250. The van der Waals surface area contributed by atoms with Crippen LogP contribution in [-0.2, 0) is 9.59 Å². The highest BCUT2D eigenvalue weighted by Crippen LogP contribution is 2.21. The van der Waals surface area contributed by atoms with Crippen molar-refractivity contribution in [3.05, 3.63) is 34.6 Å². The highest BCUT2D eigenvalue weighted by molar-refractivity contribution is 5.91. The van der Waals surface area contributed by atoms with Gasteiger partial charge in [0.1, 0.15) is 6.04 Å². The van der Waals surface area contributed by atoms with Crippen molar-refractivity contribution in [1.82, 2.24) is 10.7 Å². The van der Waals surface area contributed by atoms with Crippen LogP contribution in [-0.4, -0.2) is 24.1 Å². The van der Waals surface area contributed by atoms with Crippen LogP contribution in [0.25, 0.3) is 0 Å². The summed E-state index contributed by atoms with van der Waals surface area (Å²) in [6, 6.07) is -0.860. The normalized spacial score (nSPS) is 17.9. The summed E-state index contributed by atoms with van der Waals surface area (Å²) in [5, 5.41) is 5.44. The van der Waals surface area contributed by atoms with Crippen LogP contribution in [0.15, 0.2) is 5.10 Å². The first-order valence-electron chi connectivity index (χ1n) is 5.96. The van der Waals surface area contributed by atoms with Gasteiger partial charge in [-0.05, 0) is 6.42 Å². The van der Waals surface area contributed by atoms with Gasteiger partial charge in [0.25, 0.3) is 5.91 Å². The molecule has 0 radical (unpaired) electrons. The average Bonchev–Trinajstić information content (AvgIpc) is 2.93. The SMILES string of the molecule is O=C1CC[C@@H](C(=O)N/N=C/c2c(F)c(F)c(F)c(F)c2F)N1. The molecular formula is C12H8F5N3O2. The number of amides is 2. The molecule has 0 saturated carbocycles. The number of rotatable bonds is 3. The quantitative estimate of drug-likeness (QED) is 0.288. The van der Waals surface area contributed by atoms with Crippen molar-refractivity contribution in [3.8, 4) is 0 Å². The summed E-state index contributed by atoms with van der Waals surface area (Å²) in [5.74, 6) is -11.8. The molecule has 0 spiro atoms. The second-order valence-electron chi connectivity index (χ2n) is 4.38. The van der Waals surface area contributed by atoms with E-state index >= 15 is 0 Å². The van der Waals surface area contributed by atoms with Gasteiger partial charge in [-0.25, -0.2) is 27.4 Å². The number of carbonyl (C=O) groups excluding carboxylic acids is 2. The lowest BCUT2D eigenvalue weighted by atomic mass is 10.2. The topological polar surface area (TPSA) is 70.6 Å². The van der Waals surface area contributed by atoms with Gasteiger partial charge in [0.15, 0.2) is 23.3 Å². The molecule has 1 aliphatic heterocycles. The minimum Gasteiger partial charge on any atom is -0.344 e. The Morgan fingerprint density at radius 1 is 1.09 bits per heavy atom. The Bertz CT molecular complexity index is 648. The molecule has 0 aliphatic carbocycles. The van der Waals surface area contributed by atoms with E-state index in [-0.39, 0.29) is 18.7 Å². The molecule has 1 heterocycles. The number of nitrogens with one attached hydrogen (secondary N) is 2. The molecule has 1 fully saturated rings. The predicted octanol–water partition coefficient (Wildman–Crippen LogP) is 1.11. The molecule has 22 heavy (non-hydrogen) atoms. The summed E-state index contributed by atoms with van der Waals surface area (Å²) in [6.45, 7) is 0. The standard InChI is InChI=1S/C12H8F5N3O2/c13-7-4(8(14)10(16)11(17)9(7)15)3-18-20-12(22)5-1-2-6(21)19-5/h3,5H,1-2H2,(H,19,21)(H,20,22)/b18-3+/t5-/m0/s1. The average molecular weight is 321 g/mol. The third-order valence-electron chi connectivity index (χ3n) is 2.92. The van der Waals surface area contributed by atoms with Crippen molar-refractivity contribution in [2.75, 3.05) is 0 Å².